The van der Waals surface area contributed by atoms with Gasteiger partial charge in [-0.3, -0.25) is 0 Å². The molecule has 0 saturated carbocycles. The Kier molecular flexibility index (Phi) is 3.74. The molecule has 3 N–H and O–H groups in total. The summed E-state index contributed by atoms with van der Waals surface area (Å²) < 4.78 is 5.29. The number of aromatic nitrogens is 2. The molecule has 0 unspecified atom stereocenters. The Morgan fingerprint density at radius 1 is 1.29 bits per heavy atom. The van der Waals surface area contributed by atoms with E-state index in [0.717, 1.165) is 11.4 Å². The molecule has 0 aliphatic heterocycles. The van der Waals surface area contributed by atoms with E-state index in [4.69, 9.17) is 14.9 Å². The van der Waals surface area contributed by atoms with Crippen molar-refractivity contribution in [2.45, 2.75) is 6.10 Å². The fraction of sp³-hybridized carbons (Fsp3) is 0.250. The van der Waals surface area contributed by atoms with E-state index in [1.54, 1.807) is 24.5 Å². The summed E-state index contributed by atoms with van der Waals surface area (Å²) in [5.74, 6) is 1.44. The lowest BCUT2D eigenvalue weighted by molar-refractivity contribution is 0.0536. The van der Waals surface area contributed by atoms with Crippen LogP contribution < -0.4 is 4.74 Å². The summed E-state index contributed by atoms with van der Waals surface area (Å²) in [6, 6.07) is 7.34. The van der Waals surface area contributed by atoms with Crippen molar-refractivity contribution in [3.05, 3.63) is 36.7 Å². The summed E-state index contributed by atoms with van der Waals surface area (Å²) >= 11 is 0. The number of benzene rings is 1. The van der Waals surface area contributed by atoms with Crippen LogP contribution in [0.4, 0.5) is 0 Å². The van der Waals surface area contributed by atoms with Gasteiger partial charge in [0.15, 0.2) is 0 Å². The van der Waals surface area contributed by atoms with E-state index in [9.17, 15) is 0 Å². The Hall–Kier alpha value is -1.85. The van der Waals surface area contributed by atoms with Gasteiger partial charge in [-0.2, -0.15) is 0 Å². The van der Waals surface area contributed by atoms with Gasteiger partial charge < -0.3 is 19.9 Å². The van der Waals surface area contributed by atoms with Gasteiger partial charge in [-0.05, 0) is 24.3 Å². The highest BCUT2D eigenvalue weighted by Gasteiger charge is 2.04. The normalized spacial score (nSPS) is 12.4. The zero-order valence-corrected chi connectivity index (χ0v) is 9.21. The molecule has 1 aromatic heterocycles. The van der Waals surface area contributed by atoms with Crippen molar-refractivity contribution < 1.29 is 14.9 Å². The Bertz CT molecular complexity index is 439. The van der Waals surface area contributed by atoms with E-state index in [-0.39, 0.29) is 13.2 Å². The lowest BCUT2D eigenvalue weighted by Gasteiger charge is -2.09. The second-order valence-electron chi connectivity index (χ2n) is 3.61. The molecule has 0 bridgehead atoms. The molecule has 0 radical (unpaired) electrons. The largest absolute Gasteiger partial charge is 0.491 e. The first-order valence-electron chi connectivity index (χ1n) is 5.31. The van der Waals surface area contributed by atoms with Gasteiger partial charge in [0.2, 0.25) is 0 Å². The molecule has 2 aromatic rings. The molecule has 1 aromatic carbocycles. The number of hydrogen-bond acceptors (Lipinski definition) is 4. The number of aliphatic hydroxyl groups excluding tert-OH is 2. The second kappa shape index (κ2) is 5.47. The summed E-state index contributed by atoms with van der Waals surface area (Å²) in [7, 11) is 0. The summed E-state index contributed by atoms with van der Waals surface area (Å²) in [5.41, 5.74) is 0.963. The summed E-state index contributed by atoms with van der Waals surface area (Å²) in [4.78, 5) is 7.14. The molecule has 2 rings (SSSR count). The molecule has 0 saturated heterocycles. The Labute approximate surface area is 98.7 Å². The van der Waals surface area contributed by atoms with Crippen LogP contribution in [0.2, 0.25) is 0 Å². The van der Waals surface area contributed by atoms with Crippen molar-refractivity contribution in [2.24, 2.45) is 0 Å². The number of H-pyrrole nitrogens is 1. The molecular formula is C12H14N2O3. The molecule has 0 amide bonds. The average molecular weight is 234 g/mol. The quantitative estimate of drug-likeness (QED) is 0.715. The third-order valence-electron chi connectivity index (χ3n) is 2.28. The number of nitrogens with one attached hydrogen (secondary N) is 1. The monoisotopic (exact) mass is 234 g/mol. The minimum atomic E-state index is -0.847. The van der Waals surface area contributed by atoms with Gasteiger partial charge in [0.25, 0.3) is 0 Å². The van der Waals surface area contributed by atoms with Crippen molar-refractivity contribution in [1.29, 1.82) is 0 Å². The van der Waals surface area contributed by atoms with Crippen LogP contribution in [0, 0.1) is 0 Å². The lowest BCUT2D eigenvalue weighted by Crippen LogP contribution is -2.21. The predicted molar refractivity (Wildman–Crippen MR) is 62.6 cm³/mol. The van der Waals surface area contributed by atoms with Gasteiger partial charge in [0.1, 0.15) is 24.3 Å². The fourth-order valence-electron chi connectivity index (χ4n) is 1.38. The molecule has 0 aliphatic carbocycles. The zero-order valence-electron chi connectivity index (χ0n) is 9.21. The number of ether oxygens (including phenoxy) is 1. The van der Waals surface area contributed by atoms with Gasteiger partial charge >= 0.3 is 0 Å². The molecule has 5 heteroatoms. The molecular weight excluding hydrogens is 220 g/mol. The van der Waals surface area contributed by atoms with Crippen LogP contribution in [-0.2, 0) is 0 Å². The smallest absolute Gasteiger partial charge is 0.137 e. The standard InChI is InChI=1S/C12H14N2O3/c15-7-10(16)8-17-11-3-1-9(2-4-11)12-13-5-6-14-12/h1-6,10,15-16H,7-8H2,(H,13,14)/t10-/m1/s1. The van der Waals surface area contributed by atoms with Crippen molar-refractivity contribution in [2.75, 3.05) is 13.2 Å². The van der Waals surface area contributed by atoms with Crippen LogP contribution in [0.3, 0.4) is 0 Å². The lowest BCUT2D eigenvalue weighted by atomic mass is 10.2. The first kappa shape index (κ1) is 11.6. The van der Waals surface area contributed by atoms with Crippen LogP contribution >= 0.6 is 0 Å². The SMILES string of the molecule is OC[C@@H](O)COc1ccc(-c2ncc[nH]2)cc1. The zero-order chi connectivity index (χ0) is 12.1. The number of rotatable bonds is 5. The Morgan fingerprint density at radius 3 is 2.65 bits per heavy atom. The van der Waals surface area contributed by atoms with Crippen LogP contribution in [-0.4, -0.2) is 39.5 Å². The minimum absolute atomic E-state index is 0.0800. The van der Waals surface area contributed by atoms with Gasteiger partial charge in [0.05, 0.1) is 6.61 Å². The maximum absolute atomic E-state index is 9.13. The molecule has 90 valence electrons. The van der Waals surface area contributed by atoms with E-state index in [0.29, 0.717) is 5.75 Å². The van der Waals surface area contributed by atoms with Crippen LogP contribution in [0.15, 0.2) is 36.7 Å². The Morgan fingerprint density at radius 2 is 2.06 bits per heavy atom. The van der Waals surface area contributed by atoms with E-state index >= 15 is 0 Å². The van der Waals surface area contributed by atoms with E-state index in [1.807, 2.05) is 12.1 Å². The van der Waals surface area contributed by atoms with Crippen molar-refractivity contribution in [3.63, 3.8) is 0 Å². The summed E-state index contributed by atoms with van der Waals surface area (Å²) in [5, 5.41) is 17.8. The molecule has 0 spiro atoms. The highest BCUT2D eigenvalue weighted by atomic mass is 16.5. The maximum atomic E-state index is 9.13. The van der Waals surface area contributed by atoms with E-state index < -0.39 is 6.10 Å². The van der Waals surface area contributed by atoms with Gasteiger partial charge in [0, 0.05) is 18.0 Å². The number of imidazole rings is 1. The number of aromatic amines is 1. The van der Waals surface area contributed by atoms with E-state index in [2.05, 4.69) is 9.97 Å². The van der Waals surface area contributed by atoms with Gasteiger partial charge in [-0.1, -0.05) is 0 Å². The fourth-order valence-corrected chi connectivity index (χ4v) is 1.38. The highest BCUT2D eigenvalue weighted by molar-refractivity contribution is 5.55. The number of aliphatic hydroxyl groups is 2. The highest BCUT2D eigenvalue weighted by Crippen LogP contribution is 2.19. The Balaban J connectivity index is 1.99. The molecule has 17 heavy (non-hydrogen) atoms. The first-order chi connectivity index (χ1) is 8.29. The van der Waals surface area contributed by atoms with Gasteiger partial charge in [-0.25, -0.2) is 4.98 Å². The number of nitrogens with zero attached hydrogens (tertiary/aromatic N) is 1. The minimum Gasteiger partial charge on any atom is -0.491 e. The predicted octanol–water partition coefficient (Wildman–Crippen LogP) is 0.809. The average Bonchev–Trinajstić information content (AvgIpc) is 2.90. The van der Waals surface area contributed by atoms with Gasteiger partial charge in [-0.15, -0.1) is 0 Å². The van der Waals surface area contributed by atoms with Crippen molar-refractivity contribution >= 4 is 0 Å². The van der Waals surface area contributed by atoms with Crippen molar-refractivity contribution in [3.8, 4) is 17.1 Å². The molecule has 0 aliphatic rings. The molecule has 0 fully saturated rings. The van der Waals surface area contributed by atoms with Crippen LogP contribution in [0.5, 0.6) is 5.75 Å². The van der Waals surface area contributed by atoms with Crippen molar-refractivity contribution in [1.82, 2.24) is 9.97 Å². The number of hydrogen-bond donors (Lipinski definition) is 3. The van der Waals surface area contributed by atoms with Crippen LogP contribution in [0.25, 0.3) is 11.4 Å². The maximum Gasteiger partial charge on any atom is 0.137 e. The summed E-state index contributed by atoms with van der Waals surface area (Å²) in [6.45, 7) is -0.221. The molecule has 1 atom stereocenters. The summed E-state index contributed by atoms with van der Waals surface area (Å²) in [6.07, 6.45) is 2.61. The molecule has 1 heterocycles. The third-order valence-corrected chi connectivity index (χ3v) is 2.28. The third kappa shape index (κ3) is 3.05. The first-order valence-corrected chi connectivity index (χ1v) is 5.31. The van der Waals surface area contributed by atoms with Crippen LogP contribution in [0.1, 0.15) is 0 Å². The second-order valence-corrected chi connectivity index (χ2v) is 3.61. The topological polar surface area (TPSA) is 78.4 Å². The molecule has 5 nitrogen and oxygen atoms in total. The van der Waals surface area contributed by atoms with E-state index in [1.165, 1.54) is 0 Å².